The number of urea groups is 1. The average molecular weight is 475 g/mol. The number of carbonyl (C=O) groups excluding carboxylic acids is 4. The van der Waals surface area contributed by atoms with Crippen LogP contribution in [0.15, 0.2) is 24.3 Å². The van der Waals surface area contributed by atoms with Gasteiger partial charge in [-0.1, -0.05) is 23.7 Å². The fraction of sp³-hybridized carbons (Fsp3) is 0.364. The third-order valence-electron chi connectivity index (χ3n) is 5.60. The summed E-state index contributed by atoms with van der Waals surface area (Å²) in [6, 6.07) is 6.46. The molecule has 1 atom stereocenters. The summed E-state index contributed by atoms with van der Waals surface area (Å²) < 4.78 is 0. The third-order valence-corrected chi connectivity index (χ3v) is 7.13. The first-order chi connectivity index (χ1) is 15.3. The number of imide groups is 1. The van der Waals surface area contributed by atoms with Gasteiger partial charge >= 0.3 is 6.03 Å². The highest BCUT2D eigenvalue weighted by Gasteiger charge is 2.39. The number of rotatable bonds is 5. The van der Waals surface area contributed by atoms with Crippen molar-refractivity contribution in [3.63, 3.8) is 0 Å². The van der Waals surface area contributed by atoms with Gasteiger partial charge < -0.3 is 15.5 Å². The minimum Gasteiger partial charge on any atom is -0.334 e. The second-order valence-corrected chi connectivity index (χ2v) is 9.55. The molecule has 32 heavy (non-hydrogen) atoms. The number of benzene rings is 1. The van der Waals surface area contributed by atoms with Crippen LogP contribution in [0.5, 0.6) is 0 Å². The van der Waals surface area contributed by atoms with Crippen LogP contribution in [0.4, 0.5) is 4.79 Å². The first-order valence-electron chi connectivity index (χ1n) is 10.3. The van der Waals surface area contributed by atoms with Crippen LogP contribution in [0.25, 0.3) is 0 Å². The zero-order valence-electron chi connectivity index (χ0n) is 17.5. The van der Waals surface area contributed by atoms with Crippen LogP contribution in [-0.4, -0.2) is 34.7 Å². The number of fused-ring (bicyclic) bond motifs is 1. The molecule has 3 N–H and O–H groups in total. The number of nitrogens with zero attached hydrogens (tertiary/aromatic N) is 1. The average Bonchev–Trinajstić information content (AvgIpc) is 3.23. The van der Waals surface area contributed by atoms with E-state index < -0.39 is 11.9 Å². The lowest BCUT2D eigenvalue weighted by atomic mass is 10.1. The van der Waals surface area contributed by atoms with Gasteiger partial charge in [-0.15, -0.1) is 11.3 Å². The quantitative estimate of drug-likeness (QED) is 0.579. The van der Waals surface area contributed by atoms with Crippen molar-refractivity contribution in [2.24, 2.45) is 0 Å². The molecule has 8 nitrogen and oxygen atoms in total. The predicted molar refractivity (Wildman–Crippen MR) is 120 cm³/mol. The van der Waals surface area contributed by atoms with Crippen molar-refractivity contribution in [1.29, 1.82) is 0 Å². The van der Waals surface area contributed by atoms with E-state index in [0.29, 0.717) is 49.5 Å². The number of hydrogen-bond donors (Lipinski definition) is 3. The van der Waals surface area contributed by atoms with Gasteiger partial charge in [0.05, 0.1) is 18.7 Å². The summed E-state index contributed by atoms with van der Waals surface area (Å²) in [6.45, 7) is 2.91. The summed E-state index contributed by atoms with van der Waals surface area (Å²) in [5.41, 5.74) is 2.44. The van der Waals surface area contributed by atoms with Gasteiger partial charge in [-0.3, -0.25) is 19.7 Å². The molecular formula is C22H23ClN4O4S. The molecule has 2 aromatic rings. The number of halogens is 1. The molecule has 0 saturated carbocycles. The SMILES string of the molecule is Cc1ccc(CNC(=O)NCc2cc3c(s2)CN([C@H]2CCCC(=O)NC2=O)C3=O)cc1Cl. The standard InChI is InChI=1S/C22H23ClN4O4S/c1-12-5-6-13(7-16(12)23)9-24-22(31)25-10-14-8-15-18(32-14)11-27(21(15)30)17-3-2-4-19(28)26-20(17)29/h5-8,17H,2-4,9-11H2,1H3,(H2,24,25,31)(H,26,28,29)/t17-/m0/s1. The summed E-state index contributed by atoms with van der Waals surface area (Å²) in [5.74, 6) is -0.918. The maximum Gasteiger partial charge on any atom is 0.315 e. The lowest BCUT2D eigenvalue weighted by Crippen LogP contribution is -2.47. The Bertz CT molecular complexity index is 1100. The van der Waals surface area contributed by atoms with E-state index in [2.05, 4.69) is 16.0 Å². The molecule has 10 heteroatoms. The molecule has 4 rings (SSSR count). The Kier molecular flexibility index (Phi) is 6.48. The third kappa shape index (κ3) is 4.78. The lowest BCUT2D eigenvalue weighted by Gasteiger charge is -2.24. The van der Waals surface area contributed by atoms with E-state index in [4.69, 9.17) is 11.6 Å². The molecule has 0 bridgehead atoms. The second kappa shape index (κ2) is 9.30. The molecule has 3 heterocycles. The Hall–Kier alpha value is -2.91. The fourth-order valence-corrected chi connectivity index (χ4v) is 5.13. The highest BCUT2D eigenvalue weighted by atomic mass is 35.5. The van der Waals surface area contributed by atoms with Crippen LogP contribution in [-0.2, 0) is 29.2 Å². The summed E-state index contributed by atoms with van der Waals surface area (Å²) in [5, 5.41) is 8.59. The van der Waals surface area contributed by atoms with E-state index in [1.165, 1.54) is 16.2 Å². The van der Waals surface area contributed by atoms with Gasteiger partial charge in [-0.05, 0) is 43.0 Å². The minimum absolute atomic E-state index is 0.210. The number of carbonyl (C=O) groups is 4. The maximum absolute atomic E-state index is 12.9. The zero-order valence-corrected chi connectivity index (χ0v) is 19.1. The van der Waals surface area contributed by atoms with Gasteiger partial charge in [0.25, 0.3) is 5.91 Å². The molecular weight excluding hydrogens is 452 g/mol. The van der Waals surface area contributed by atoms with Crippen molar-refractivity contribution in [2.45, 2.75) is 51.9 Å². The first-order valence-corrected chi connectivity index (χ1v) is 11.5. The smallest absolute Gasteiger partial charge is 0.315 e. The number of amides is 5. The number of aryl methyl sites for hydroxylation is 1. The Balaban J connectivity index is 1.30. The number of hydrogen-bond acceptors (Lipinski definition) is 5. The van der Waals surface area contributed by atoms with Gasteiger partial charge in [0, 0.05) is 27.7 Å². The molecule has 5 amide bonds. The van der Waals surface area contributed by atoms with E-state index in [0.717, 1.165) is 20.9 Å². The molecule has 2 aliphatic heterocycles. The molecule has 0 spiro atoms. The van der Waals surface area contributed by atoms with Gasteiger partial charge in [-0.2, -0.15) is 0 Å². The fourth-order valence-electron chi connectivity index (χ4n) is 3.83. The molecule has 1 aromatic heterocycles. The van der Waals surface area contributed by atoms with E-state index in [9.17, 15) is 19.2 Å². The second-order valence-electron chi connectivity index (χ2n) is 7.92. The van der Waals surface area contributed by atoms with Crippen molar-refractivity contribution in [1.82, 2.24) is 20.9 Å². The van der Waals surface area contributed by atoms with Crippen LogP contribution >= 0.6 is 22.9 Å². The molecule has 1 fully saturated rings. The molecule has 0 aliphatic carbocycles. The Morgan fingerprint density at radius 3 is 2.75 bits per heavy atom. The van der Waals surface area contributed by atoms with Gasteiger partial charge in [0.1, 0.15) is 6.04 Å². The normalized spacial score (nSPS) is 18.2. The minimum atomic E-state index is -0.629. The van der Waals surface area contributed by atoms with E-state index >= 15 is 0 Å². The number of thiophene rings is 1. The lowest BCUT2D eigenvalue weighted by molar-refractivity contribution is -0.132. The van der Waals surface area contributed by atoms with Gasteiger partial charge in [0.2, 0.25) is 11.8 Å². The van der Waals surface area contributed by atoms with Crippen molar-refractivity contribution < 1.29 is 19.2 Å². The van der Waals surface area contributed by atoms with Crippen LogP contribution in [0.2, 0.25) is 5.02 Å². The maximum atomic E-state index is 12.9. The molecule has 168 valence electrons. The molecule has 1 aromatic carbocycles. The van der Waals surface area contributed by atoms with Crippen LogP contribution in [0, 0.1) is 6.92 Å². The Morgan fingerprint density at radius 2 is 2.00 bits per heavy atom. The van der Waals surface area contributed by atoms with Crippen LogP contribution in [0.3, 0.4) is 0 Å². The van der Waals surface area contributed by atoms with Crippen molar-refractivity contribution in [3.05, 3.63) is 55.7 Å². The summed E-state index contributed by atoms with van der Waals surface area (Å²) in [6.07, 6.45) is 1.33. The molecule has 2 aliphatic rings. The molecule has 0 unspecified atom stereocenters. The summed E-state index contributed by atoms with van der Waals surface area (Å²) in [7, 11) is 0. The summed E-state index contributed by atoms with van der Waals surface area (Å²) >= 11 is 7.55. The van der Waals surface area contributed by atoms with E-state index in [1.807, 2.05) is 25.1 Å². The number of nitrogens with one attached hydrogen (secondary N) is 3. The highest BCUT2D eigenvalue weighted by Crippen LogP contribution is 2.33. The van der Waals surface area contributed by atoms with E-state index in [-0.39, 0.29) is 17.8 Å². The van der Waals surface area contributed by atoms with Gasteiger partial charge in [-0.25, -0.2) is 4.79 Å². The Morgan fingerprint density at radius 1 is 1.22 bits per heavy atom. The van der Waals surface area contributed by atoms with E-state index in [1.54, 1.807) is 6.07 Å². The topological polar surface area (TPSA) is 108 Å². The Labute approximate surface area is 194 Å². The molecule has 0 radical (unpaired) electrons. The first kappa shape index (κ1) is 22.3. The largest absolute Gasteiger partial charge is 0.334 e. The van der Waals surface area contributed by atoms with Gasteiger partial charge in [0.15, 0.2) is 0 Å². The molecule has 1 saturated heterocycles. The zero-order chi connectivity index (χ0) is 22.8. The predicted octanol–water partition coefficient (Wildman–Crippen LogP) is 2.86. The monoisotopic (exact) mass is 474 g/mol. The van der Waals surface area contributed by atoms with Crippen molar-refractivity contribution >= 4 is 46.7 Å². The van der Waals surface area contributed by atoms with Crippen molar-refractivity contribution in [3.8, 4) is 0 Å². The summed E-state index contributed by atoms with van der Waals surface area (Å²) in [4.78, 5) is 52.1. The van der Waals surface area contributed by atoms with Crippen LogP contribution < -0.4 is 16.0 Å². The highest BCUT2D eigenvalue weighted by molar-refractivity contribution is 7.12. The van der Waals surface area contributed by atoms with Crippen LogP contribution in [0.1, 0.15) is 50.5 Å². The van der Waals surface area contributed by atoms with Crippen molar-refractivity contribution in [2.75, 3.05) is 0 Å².